The lowest BCUT2D eigenvalue weighted by Crippen LogP contribution is -2.24. The number of hydrogen-bond acceptors (Lipinski definition) is 3. The number of alkyl halides is 2. The van der Waals surface area contributed by atoms with Crippen molar-refractivity contribution in [2.75, 3.05) is 0 Å². The Labute approximate surface area is 109 Å². The minimum atomic E-state index is -2.57. The fourth-order valence-electron chi connectivity index (χ4n) is 2.51. The van der Waals surface area contributed by atoms with Crippen LogP contribution in [-0.2, 0) is 0 Å². The summed E-state index contributed by atoms with van der Waals surface area (Å²) in [6.45, 7) is 1.70. The number of pyridine rings is 1. The van der Waals surface area contributed by atoms with Crippen LogP contribution < -0.4 is 4.74 Å². The van der Waals surface area contributed by atoms with Gasteiger partial charge in [-0.25, -0.2) is 18.6 Å². The summed E-state index contributed by atoms with van der Waals surface area (Å²) in [6, 6.07) is 1.75. The van der Waals surface area contributed by atoms with Crippen LogP contribution in [0.5, 0.6) is 5.88 Å². The largest absolute Gasteiger partial charge is 0.512 e. The number of carbonyl (C=O) groups is 1. The smallest absolute Gasteiger partial charge is 0.449 e. The second kappa shape index (κ2) is 5.11. The summed E-state index contributed by atoms with van der Waals surface area (Å²) in [6.07, 6.45) is 0.550. The molecule has 6 heteroatoms. The van der Waals surface area contributed by atoms with Crippen LogP contribution in [0.15, 0.2) is 12.3 Å². The molecule has 0 radical (unpaired) electrons. The van der Waals surface area contributed by atoms with E-state index in [0.717, 1.165) is 5.56 Å². The van der Waals surface area contributed by atoms with Crippen LogP contribution in [0.1, 0.15) is 42.7 Å². The van der Waals surface area contributed by atoms with Crippen molar-refractivity contribution in [3.8, 4) is 5.88 Å². The molecule has 1 saturated carbocycles. The minimum Gasteiger partial charge on any atom is -0.449 e. The lowest BCUT2D eigenvalue weighted by molar-refractivity contribution is -0.0382. The molecule has 0 unspecified atom stereocenters. The minimum absolute atomic E-state index is 0.0127. The highest BCUT2D eigenvalue weighted by atomic mass is 19.3. The summed E-state index contributed by atoms with van der Waals surface area (Å²) >= 11 is 0. The standard InChI is InChI=1S/C13H15F2NO3/c1-8-10(4-7-16-11(8)19-12(17)18)9-2-5-13(14,15)6-3-9/h4,7,9H,2-3,5-6H2,1H3,(H,17,18). The van der Waals surface area contributed by atoms with Crippen molar-refractivity contribution >= 4 is 6.16 Å². The number of ether oxygens (including phenoxy) is 1. The van der Waals surface area contributed by atoms with Gasteiger partial charge in [0, 0.05) is 24.6 Å². The van der Waals surface area contributed by atoms with Crippen molar-refractivity contribution in [1.82, 2.24) is 4.98 Å². The van der Waals surface area contributed by atoms with Crippen molar-refractivity contribution < 1.29 is 23.4 Å². The van der Waals surface area contributed by atoms with Crippen LogP contribution in [0, 0.1) is 6.92 Å². The Hall–Kier alpha value is -1.72. The first-order valence-electron chi connectivity index (χ1n) is 6.13. The zero-order chi connectivity index (χ0) is 14.0. The maximum Gasteiger partial charge on any atom is 0.512 e. The molecule has 19 heavy (non-hydrogen) atoms. The van der Waals surface area contributed by atoms with E-state index in [9.17, 15) is 13.6 Å². The monoisotopic (exact) mass is 271 g/mol. The average Bonchev–Trinajstić information content (AvgIpc) is 2.32. The molecule has 0 aliphatic heterocycles. The molecule has 1 aromatic heterocycles. The molecule has 1 aliphatic carbocycles. The molecule has 0 atom stereocenters. The van der Waals surface area contributed by atoms with Crippen molar-refractivity contribution in [2.45, 2.75) is 44.4 Å². The van der Waals surface area contributed by atoms with Gasteiger partial charge in [0.2, 0.25) is 11.8 Å². The number of rotatable bonds is 2. The molecule has 1 N–H and O–H groups in total. The van der Waals surface area contributed by atoms with Gasteiger partial charge in [0.05, 0.1) is 0 Å². The fourth-order valence-corrected chi connectivity index (χ4v) is 2.51. The Morgan fingerprint density at radius 2 is 2.11 bits per heavy atom. The maximum absolute atomic E-state index is 13.1. The van der Waals surface area contributed by atoms with E-state index in [1.54, 1.807) is 13.0 Å². The predicted molar refractivity (Wildman–Crippen MR) is 63.8 cm³/mol. The topological polar surface area (TPSA) is 59.4 Å². The molecule has 4 nitrogen and oxygen atoms in total. The molecule has 1 heterocycles. The summed E-state index contributed by atoms with van der Waals surface area (Å²) in [5.74, 6) is -2.53. The number of carboxylic acid groups (broad SMARTS) is 1. The van der Waals surface area contributed by atoms with Gasteiger partial charge in [0.1, 0.15) is 0 Å². The van der Waals surface area contributed by atoms with Gasteiger partial charge < -0.3 is 9.84 Å². The Bertz CT molecular complexity index is 481. The average molecular weight is 271 g/mol. The number of aromatic nitrogens is 1. The van der Waals surface area contributed by atoms with Gasteiger partial charge in [0.25, 0.3) is 0 Å². The molecule has 0 saturated heterocycles. The Morgan fingerprint density at radius 3 is 2.68 bits per heavy atom. The zero-order valence-corrected chi connectivity index (χ0v) is 10.5. The zero-order valence-electron chi connectivity index (χ0n) is 10.5. The van der Waals surface area contributed by atoms with E-state index in [-0.39, 0.29) is 24.6 Å². The molecule has 2 rings (SSSR count). The van der Waals surface area contributed by atoms with Crippen molar-refractivity contribution in [1.29, 1.82) is 0 Å². The molecule has 0 bridgehead atoms. The fraction of sp³-hybridized carbons (Fsp3) is 0.538. The molecule has 104 valence electrons. The van der Waals surface area contributed by atoms with E-state index in [0.29, 0.717) is 18.4 Å². The highest BCUT2D eigenvalue weighted by molar-refractivity contribution is 5.61. The summed E-state index contributed by atoms with van der Waals surface area (Å²) in [5.41, 5.74) is 1.46. The van der Waals surface area contributed by atoms with Gasteiger partial charge in [0.15, 0.2) is 0 Å². The van der Waals surface area contributed by atoms with E-state index in [1.165, 1.54) is 6.20 Å². The van der Waals surface area contributed by atoms with Gasteiger partial charge in [-0.3, -0.25) is 0 Å². The summed E-state index contributed by atoms with van der Waals surface area (Å²) in [5, 5.41) is 8.60. The number of hydrogen-bond donors (Lipinski definition) is 1. The van der Waals surface area contributed by atoms with Crippen LogP contribution in [-0.4, -0.2) is 22.2 Å². The highest BCUT2D eigenvalue weighted by Gasteiger charge is 2.36. The molecule has 0 amide bonds. The molecule has 1 aromatic rings. The third-order valence-electron chi connectivity index (χ3n) is 3.54. The normalized spacial score (nSPS) is 19.1. The van der Waals surface area contributed by atoms with Gasteiger partial charge in [-0.05, 0) is 37.3 Å². The Morgan fingerprint density at radius 1 is 1.47 bits per heavy atom. The molecule has 1 fully saturated rings. The van der Waals surface area contributed by atoms with Crippen LogP contribution >= 0.6 is 0 Å². The second-order valence-corrected chi connectivity index (χ2v) is 4.83. The van der Waals surface area contributed by atoms with E-state index in [2.05, 4.69) is 9.72 Å². The highest BCUT2D eigenvalue weighted by Crippen LogP contribution is 2.42. The van der Waals surface area contributed by atoms with E-state index in [1.807, 2.05) is 0 Å². The second-order valence-electron chi connectivity index (χ2n) is 4.83. The van der Waals surface area contributed by atoms with Crippen LogP contribution in [0.25, 0.3) is 0 Å². The summed E-state index contributed by atoms with van der Waals surface area (Å²) < 4.78 is 30.8. The Kier molecular flexibility index (Phi) is 3.68. The molecular formula is C13H15F2NO3. The quantitative estimate of drug-likeness (QED) is 0.832. The van der Waals surface area contributed by atoms with Crippen LogP contribution in [0.2, 0.25) is 0 Å². The van der Waals surface area contributed by atoms with Crippen molar-refractivity contribution in [2.24, 2.45) is 0 Å². The summed E-state index contributed by atoms with van der Waals surface area (Å²) in [7, 11) is 0. The molecular weight excluding hydrogens is 256 g/mol. The molecule has 0 aromatic carbocycles. The lowest BCUT2D eigenvalue weighted by Gasteiger charge is -2.29. The van der Waals surface area contributed by atoms with Gasteiger partial charge in [-0.1, -0.05) is 0 Å². The SMILES string of the molecule is Cc1c(C2CCC(F)(F)CC2)ccnc1OC(=O)O. The maximum atomic E-state index is 13.1. The van der Waals surface area contributed by atoms with Crippen LogP contribution in [0.4, 0.5) is 13.6 Å². The van der Waals surface area contributed by atoms with Crippen LogP contribution in [0.3, 0.4) is 0 Å². The number of nitrogens with zero attached hydrogens (tertiary/aromatic N) is 1. The first kappa shape index (κ1) is 13.7. The first-order valence-corrected chi connectivity index (χ1v) is 6.13. The van der Waals surface area contributed by atoms with Gasteiger partial charge in [-0.15, -0.1) is 0 Å². The third-order valence-corrected chi connectivity index (χ3v) is 3.54. The van der Waals surface area contributed by atoms with E-state index in [4.69, 9.17) is 5.11 Å². The predicted octanol–water partition coefficient (Wildman–Crippen LogP) is 3.74. The molecule has 0 spiro atoms. The van der Waals surface area contributed by atoms with E-state index < -0.39 is 12.1 Å². The van der Waals surface area contributed by atoms with E-state index >= 15 is 0 Å². The summed E-state index contributed by atoms with van der Waals surface area (Å²) in [4.78, 5) is 14.4. The van der Waals surface area contributed by atoms with Crippen molar-refractivity contribution in [3.05, 3.63) is 23.4 Å². The lowest BCUT2D eigenvalue weighted by atomic mass is 9.81. The first-order chi connectivity index (χ1) is 8.89. The van der Waals surface area contributed by atoms with Gasteiger partial charge >= 0.3 is 6.16 Å². The number of halogens is 2. The molecule has 1 aliphatic rings. The Balaban J connectivity index is 2.19. The van der Waals surface area contributed by atoms with Crippen molar-refractivity contribution in [3.63, 3.8) is 0 Å². The van der Waals surface area contributed by atoms with Gasteiger partial charge in [-0.2, -0.15) is 0 Å². The third kappa shape index (κ3) is 3.19.